The Labute approximate surface area is 265 Å². The molecule has 1 N–H and O–H groups in total. The molecule has 7 nitrogen and oxygen atoms in total. The van der Waals surface area contributed by atoms with Crippen molar-refractivity contribution < 1.29 is 18.0 Å². The molecule has 0 bridgehead atoms. The van der Waals surface area contributed by atoms with E-state index in [1.165, 1.54) is 17.0 Å². The van der Waals surface area contributed by atoms with Gasteiger partial charge in [0.15, 0.2) is 0 Å². The molecule has 4 aromatic rings. The highest BCUT2D eigenvalue weighted by molar-refractivity contribution is 7.92. The molecule has 44 heavy (non-hydrogen) atoms. The molecule has 0 aromatic heterocycles. The van der Waals surface area contributed by atoms with E-state index >= 15 is 0 Å². The van der Waals surface area contributed by atoms with E-state index in [-0.39, 0.29) is 29.5 Å². The van der Waals surface area contributed by atoms with Gasteiger partial charge in [-0.15, -0.1) is 0 Å². The van der Waals surface area contributed by atoms with E-state index in [9.17, 15) is 18.0 Å². The number of aryl methyl sites for hydroxylation is 1. The lowest BCUT2D eigenvalue weighted by molar-refractivity contribution is -0.140. The second-order valence-electron chi connectivity index (χ2n) is 11.8. The van der Waals surface area contributed by atoms with Gasteiger partial charge >= 0.3 is 0 Å². The molecular formula is C35H38ClN3O4S. The van der Waals surface area contributed by atoms with Crippen LogP contribution in [0.25, 0.3) is 0 Å². The monoisotopic (exact) mass is 631 g/mol. The van der Waals surface area contributed by atoms with E-state index in [1.807, 2.05) is 82.3 Å². The third-order valence-corrected chi connectivity index (χ3v) is 8.97. The SMILES string of the molecule is Cc1cccc(CN(C(=O)CN(c2ccc(Cl)cc2)S(=O)(=O)c2ccccc2)[C@@H](Cc2ccccc2)C(=O)NC(C)(C)C)c1. The molecule has 0 aliphatic rings. The number of rotatable bonds is 11. The van der Waals surface area contributed by atoms with Crippen molar-refractivity contribution in [2.75, 3.05) is 10.8 Å². The fraction of sp³-hybridized carbons (Fsp3) is 0.257. The first-order valence-corrected chi connectivity index (χ1v) is 16.2. The van der Waals surface area contributed by atoms with Gasteiger partial charge in [0.2, 0.25) is 11.8 Å². The van der Waals surface area contributed by atoms with Gasteiger partial charge in [0.05, 0.1) is 10.6 Å². The van der Waals surface area contributed by atoms with Crippen molar-refractivity contribution in [3.05, 3.63) is 131 Å². The predicted molar refractivity (Wildman–Crippen MR) is 176 cm³/mol. The first kappa shape index (κ1) is 32.8. The maximum Gasteiger partial charge on any atom is 0.264 e. The van der Waals surface area contributed by atoms with E-state index in [2.05, 4.69) is 5.32 Å². The van der Waals surface area contributed by atoms with E-state index in [0.717, 1.165) is 21.0 Å². The number of amides is 2. The number of hydrogen-bond acceptors (Lipinski definition) is 4. The van der Waals surface area contributed by atoms with Crippen LogP contribution in [0.15, 0.2) is 114 Å². The van der Waals surface area contributed by atoms with Crippen molar-refractivity contribution in [3.8, 4) is 0 Å². The molecule has 2 amide bonds. The molecule has 0 fully saturated rings. The fourth-order valence-corrected chi connectivity index (χ4v) is 6.43. The van der Waals surface area contributed by atoms with Gasteiger partial charge in [0.1, 0.15) is 12.6 Å². The number of sulfonamides is 1. The predicted octanol–water partition coefficient (Wildman–Crippen LogP) is 6.40. The lowest BCUT2D eigenvalue weighted by Gasteiger charge is -2.35. The molecule has 9 heteroatoms. The Morgan fingerprint density at radius 2 is 1.41 bits per heavy atom. The van der Waals surface area contributed by atoms with Crippen LogP contribution in [0.3, 0.4) is 0 Å². The van der Waals surface area contributed by atoms with Gasteiger partial charge in [-0.05, 0) is 75.2 Å². The second kappa shape index (κ2) is 14.1. The van der Waals surface area contributed by atoms with E-state index < -0.39 is 34.1 Å². The average molecular weight is 632 g/mol. The van der Waals surface area contributed by atoms with Crippen LogP contribution >= 0.6 is 11.6 Å². The van der Waals surface area contributed by atoms with E-state index in [1.54, 1.807) is 42.5 Å². The molecule has 0 heterocycles. The van der Waals surface area contributed by atoms with E-state index in [0.29, 0.717) is 5.02 Å². The molecular weight excluding hydrogens is 594 g/mol. The summed E-state index contributed by atoms with van der Waals surface area (Å²) in [5.74, 6) is -0.850. The third kappa shape index (κ3) is 8.71. The first-order chi connectivity index (χ1) is 20.8. The van der Waals surface area contributed by atoms with Crippen molar-refractivity contribution >= 4 is 39.1 Å². The number of anilines is 1. The van der Waals surface area contributed by atoms with E-state index in [4.69, 9.17) is 11.6 Å². The summed E-state index contributed by atoms with van der Waals surface area (Å²) in [7, 11) is -4.17. The zero-order valence-corrected chi connectivity index (χ0v) is 27.0. The van der Waals surface area contributed by atoms with Crippen LogP contribution in [0.1, 0.15) is 37.5 Å². The Hall–Kier alpha value is -4.14. The molecule has 0 aliphatic heterocycles. The highest BCUT2D eigenvalue weighted by Crippen LogP contribution is 2.26. The summed E-state index contributed by atoms with van der Waals surface area (Å²) in [6, 6.07) is 30.5. The summed E-state index contributed by atoms with van der Waals surface area (Å²) >= 11 is 6.13. The molecule has 0 unspecified atom stereocenters. The van der Waals surface area contributed by atoms with Gasteiger partial charge in [-0.25, -0.2) is 8.42 Å². The van der Waals surface area contributed by atoms with Crippen molar-refractivity contribution in [2.45, 2.75) is 57.1 Å². The van der Waals surface area contributed by atoms with Crippen molar-refractivity contribution in [3.63, 3.8) is 0 Å². The molecule has 230 valence electrons. The summed E-state index contributed by atoms with van der Waals surface area (Å²) in [4.78, 5) is 29.9. The molecule has 0 saturated heterocycles. The highest BCUT2D eigenvalue weighted by atomic mass is 35.5. The molecule has 4 aromatic carbocycles. The minimum absolute atomic E-state index is 0.0410. The second-order valence-corrected chi connectivity index (χ2v) is 14.1. The fourth-order valence-electron chi connectivity index (χ4n) is 4.87. The van der Waals surface area contributed by atoms with Crippen molar-refractivity contribution in [1.29, 1.82) is 0 Å². The summed E-state index contributed by atoms with van der Waals surface area (Å²) in [5, 5.41) is 3.47. The minimum Gasteiger partial charge on any atom is -0.350 e. The zero-order chi connectivity index (χ0) is 31.9. The number of carbonyl (C=O) groups is 2. The van der Waals surface area contributed by atoms with Gasteiger partial charge in [-0.1, -0.05) is 90.0 Å². The molecule has 0 spiro atoms. The summed E-state index contributed by atoms with van der Waals surface area (Å²) in [5.41, 5.74) is 2.42. The molecule has 1 atom stereocenters. The van der Waals surface area contributed by atoms with Gasteiger partial charge in [0.25, 0.3) is 10.0 Å². The third-order valence-electron chi connectivity index (χ3n) is 6.93. The Morgan fingerprint density at radius 1 is 0.818 bits per heavy atom. The van der Waals surface area contributed by atoms with Crippen LogP contribution in [0, 0.1) is 6.92 Å². The van der Waals surface area contributed by atoms with Crippen LogP contribution in [-0.2, 0) is 32.6 Å². The summed E-state index contributed by atoms with van der Waals surface area (Å²) < 4.78 is 29.1. The lowest BCUT2D eigenvalue weighted by Crippen LogP contribution is -2.56. The standard InChI is InChI=1S/C35H38ClN3O4S/c1-26-12-11-15-28(22-26)24-38(32(34(41)37-35(2,3)4)23-27-13-7-5-8-14-27)33(40)25-39(30-20-18-29(36)19-21-30)44(42,43)31-16-9-6-10-17-31/h5-22,32H,23-25H2,1-4H3,(H,37,41)/t32-/m0/s1. The van der Waals surface area contributed by atoms with Gasteiger partial charge in [0, 0.05) is 23.5 Å². The molecule has 0 radical (unpaired) electrons. The maximum absolute atomic E-state index is 14.5. The van der Waals surface area contributed by atoms with Crippen LogP contribution in [0.2, 0.25) is 5.02 Å². The van der Waals surface area contributed by atoms with Gasteiger partial charge in [-0.2, -0.15) is 0 Å². The Kier molecular flexibility index (Phi) is 10.5. The number of halogens is 1. The van der Waals surface area contributed by atoms with Crippen LogP contribution in [0.5, 0.6) is 0 Å². The average Bonchev–Trinajstić information content (AvgIpc) is 2.98. The Morgan fingerprint density at radius 3 is 2.00 bits per heavy atom. The number of hydrogen-bond donors (Lipinski definition) is 1. The molecule has 0 aliphatic carbocycles. The number of carbonyl (C=O) groups excluding carboxylic acids is 2. The smallest absolute Gasteiger partial charge is 0.264 e. The Bertz CT molecular complexity index is 1670. The topological polar surface area (TPSA) is 86.8 Å². The Balaban J connectivity index is 1.81. The summed E-state index contributed by atoms with van der Waals surface area (Å²) in [6.07, 6.45) is 0.243. The largest absolute Gasteiger partial charge is 0.350 e. The molecule has 0 saturated carbocycles. The highest BCUT2D eigenvalue weighted by Gasteiger charge is 2.35. The van der Waals surface area contributed by atoms with Gasteiger partial charge < -0.3 is 10.2 Å². The molecule has 4 rings (SSSR count). The maximum atomic E-state index is 14.5. The van der Waals surface area contributed by atoms with Gasteiger partial charge in [-0.3, -0.25) is 13.9 Å². The van der Waals surface area contributed by atoms with Crippen molar-refractivity contribution in [1.82, 2.24) is 10.2 Å². The minimum atomic E-state index is -4.17. The number of benzene rings is 4. The van der Waals surface area contributed by atoms with Crippen LogP contribution in [-0.4, -0.2) is 43.3 Å². The zero-order valence-electron chi connectivity index (χ0n) is 25.4. The van der Waals surface area contributed by atoms with Crippen LogP contribution in [0.4, 0.5) is 5.69 Å². The number of nitrogens with zero attached hydrogens (tertiary/aromatic N) is 2. The first-order valence-electron chi connectivity index (χ1n) is 14.4. The number of nitrogens with one attached hydrogen (secondary N) is 1. The quantitative estimate of drug-likeness (QED) is 0.208. The van der Waals surface area contributed by atoms with Crippen molar-refractivity contribution in [2.24, 2.45) is 0 Å². The lowest BCUT2D eigenvalue weighted by atomic mass is 10.0. The van der Waals surface area contributed by atoms with Crippen LogP contribution < -0.4 is 9.62 Å². The normalized spacial score (nSPS) is 12.3. The summed E-state index contributed by atoms with van der Waals surface area (Å²) in [6.45, 7) is 7.18.